The SMILES string of the molecule is COc1ccc(CN(C)C(=O)CCc2c(C)nn(CC(C)C)c2C)cc1F. The van der Waals surface area contributed by atoms with Gasteiger partial charge in [0.25, 0.3) is 0 Å². The van der Waals surface area contributed by atoms with Gasteiger partial charge in [0, 0.05) is 32.3 Å². The molecule has 0 radical (unpaired) electrons. The van der Waals surface area contributed by atoms with E-state index in [0.717, 1.165) is 29.1 Å². The van der Waals surface area contributed by atoms with Gasteiger partial charge in [-0.05, 0) is 49.4 Å². The minimum absolute atomic E-state index is 0.0293. The van der Waals surface area contributed by atoms with Crippen molar-refractivity contribution in [2.24, 2.45) is 5.92 Å². The molecule has 0 N–H and O–H groups in total. The highest BCUT2D eigenvalue weighted by atomic mass is 19.1. The Kier molecular flexibility index (Phi) is 6.99. The maximum Gasteiger partial charge on any atom is 0.222 e. The molecule has 0 saturated carbocycles. The Morgan fingerprint density at radius 2 is 2.04 bits per heavy atom. The second-order valence-corrected chi connectivity index (χ2v) is 7.44. The molecular formula is C21H30FN3O2. The molecule has 6 heteroatoms. The molecule has 148 valence electrons. The number of hydrogen-bond acceptors (Lipinski definition) is 3. The first-order valence-corrected chi connectivity index (χ1v) is 9.32. The number of hydrogen-bond donors (Lipinski definition) is 0. The van der Waals surface area contributed by atoms with Gasteiger partial charge >= 0.3 is 0 Å². The summed E-state index contributed by atoms with van der Waals surface area (Å²) in [6, 6.07) is 4.77. The van der Waals surface area contributed by atoms with Crippen LogP contribution in [0.5, 0.6) is 5.75 Å². The molecular weight excluding hydrogens is 345 g/mol. The molecule has 0 bridgehead atoms. The lowest BCUT2D eigenvalue weighted by Crippen LogP contribution is -2.26. The molecule has 2 aromatic rings. The smallest absolute Gasteiger partial charge is 0.222 e. The van der Waals surface area contributed by atoms with Gasteiger partial charge in [0.05, 0.1) is 12.8 Å². The average Bonchev–Trinajstić information content (AvgIpc) is 2.85. The van der Waals surface area contributed by atoms with E-state index in [1.807, 2.05) is 11.6 Å². The fraction of sp³-hybridized carbons (Fsp3) is 0.524. The Bertz CT molecular complexity index is 799. The number of carbonyl (C=O) groups is 1. The van der Waals surface area contributed by atoms with Gasteiger partial charge in [-0.2, -0.15) is 5.10 Å². The standard InChI is InChI=1S/C21H30FN3O2/c1-14(2)12-25-16(4)18(15(3)23-25)8-10-21(26)24(5)13-17-7-9-20(27-6)19(22)11-17/h7,9,11,14H,8,10,12-13H2,1-6H3. The maximum atomic E-state index is 13.8. The average molecular weight is 375 g/mol. The van der Waals surface area contributed by atoms with Crippen LogP contribution in [-0.4, -0.2) is 34.7 Å². The lowest BCUT2D eigenvalue weighted by molar-refractivity contribution is -0.130. The van der Waals surface area contributed by atoms with E-state index in [0.29, 0.717) is 25.3 Å². The summed E-state index contributed by atoms with van der Waals surface area (Å²) in [6.45, 7) is 9.63. The largest absolute Gasteiger partial charge is 0.494 e. The number of aryl methyl sites for hydroxylation is 1. The van der Waals surface area contributed by atoms with E-state index in [9.17, 15) is 9.18 Å². The fourth-order valence-corrected chi connectivity index (χ4v) is 3.21. The lowest BCUT2D eigenvalue weighted by atomic mass is 10.1. The second-order valence-electron chi connectivity index (χ2n) is 7.44. The van der Waals surface area contributed by atoms with Crippen molar-refractivity contribution in [1.82, 2.24) is 14.7 Å². The summed E-state index contributed by atoms with van der Waals surface area (Å²) in [6.07, 6.45) is 1.07. The van der Waals surface area contributed by atoms with Crippen LogP contribution in [0.15, 0.2) is 18.2 Å². The molecule has 27 heavy (non-hydrogen) atoms. The van der Waals surface area contributed by atoms with Gasteiger partial charge < -0.3 is 9.64 Å². The Hall–Kier alpha value is -2.37. The van der Waals surface area contributed by atoms with Crippen molar-refractivity contribution < 1.29 is 13.9 Å². The fourth-order valence-electron chi connectivity index (χ4n) is 3.21. The molecule has 5 nitrogen and oxygen atoms in total. The summed E-state index contributed by atoms with van der Waals surface area (Å²) in [7, 11) is 3.17. The minimum Gasteiger partial charge on any atom is -0.494 e. The number of ether oxygens (including phenoxy) is 1. The maximum absolute atomic E-state index is 13.8. The van der Waals surface area contributed by atoms with Crippen LogP contribution < -0.4 is 4.74 Å². The highest BCUT2D eigenvalue weighted by molar-refractivity contribution is 5.76. The monoisotopic (exact) mass is 375 g/mol. The molecule has 1 amide bonds. The predicted octanol–water partition coefficient (Wildman–Crippen LogP) is 3.89. The summed E-state index contributed by atoms with van der Waals surface area (Å²) < 4.78 is 20.8. The van der Waals surface area contributed by atoms with Crippen molar-refractivity contribution in [2.45, 2.75) is 53.6 Å². The van der Waals surface area contributed by atoms with Gasteiger partial charge in [0.15, 0.2) is 11.6 Å². The second kappa shape index (κ2) is 9.02. The minimum atomic E-state index is -0.417. The van der Waals surface area contributed by atoms with Crippen LogP contribution in [0, 0.1) is 25.6 Å². The normalized spacial score (nSPS) is 11.1. The number of aromatic nitrogens is 2. The topological polar surface area (TPSA) is 47.4 Å². The van der Waals surface area contributed by atoms with Gasteiger partial charge in [-0.1, -0.05) is 19.9 Å². The summed E-state index contributed by atoms with van der Waals surface area (Å²) >= 11 is 0. The van der Waals surface area contributed by atoms with Crippen LogP contribution in [0.3, 0.4) is 0 Å². The molecule has 0 saturated heterocycles. The summed E-state index contributed by atoms with van der Waals surface area (Å²) in [4.78, 5) is 14.1. The van der Waals surface area contributed by atoms with Gasteiger partial charge in [-0.15, -0.1) is 0 Å². The number of amides is 1. The molecule has 0 spiro atoms. The van der Waals surface area contributed by atoms with E-state index >= 15 is 0 Å². The summed E-state index contributed by atoms with van der Waals surface area (Å²) in [5.74, 6) is 0.340. The third kappa shape index (κ3) is 5.31. The first kappa shape index (κ1) is 20.9. The third-order valence-electron chi connectivity index (χ3n) is 4.72. The molecule has 1 aromatic carbocycles. The van der Waals surface area contributed by atoms with Crippen LogP contribution in [-0.2, 0) is 24.3 Å². The van der Waals surface area contributed by atoms with Gasteiger partial charge in [-0.3, -0.25) is 9.48 Å². The summed E-state index contributed by atoms with van der Waals surface area (Å²) in [5, 5.41) is 4.61. The number of rotatable bonds is 8. The van der Waals surface area contributed by atoms with E-state index in [1.165, 1.54) is 13.2 Å². The number of nitrogens with zero attached hydrogens (tertiary/aromatic N) is 3. The van der Waals surface area contributed by atoms with Crippen LogP contribution in [0.1, 0.15) is 42.8 Å². The van der Waals surface area contributed by atoms with E-state index in [2.05, 4.69) is 25.9 Å². The molecule has 0 aliphatic carbocycles. The zero-order valence-electron chi connectivity index (χ0n) is 17.2. The highest BCUT2D eigenvalue weighted by Gasteiger charge is 2.16. The van der Waals surface area contributed by atoms with E-state index in [1.54, 1.807) is 24.1 Å². The first-order chi connectivity index (χ1) is 12.7. The molecule has 0 aliphatic rings. The Morgan fingerprint density at radius 3 is 2.63 bits per heavy atom. The molecule has 1 aromatic heterocycles. The molecule has 0 unspecified atom stereocenters. The molecule has 0 aliphatic heterocycles. The number of benzene rings is 1. The molecule has 2 rings (SSSR count). The van der Waals surface area contributed by atoms with Crippen LogP contribution in [0.4, 0.5) is 4.39 Å². The zero-order valence-corrected chi connectivity index (χ0v) is 17.2. The van der Waals surface area contributed by atoms with Crippen molar-refractivity contribution in [2.75, 3.05) is 14.2 Å². The van der Waals surface area contributed by atoms with Crippen molar-refractivity contribution in [3.63, 3.8) is 0 Å². The van der Waals surface area contributed by atoms with Crippen LogP contribution in [0.2, 0.25) is 0 Å². The van der Waals surface area contributed by atoms with Gasteiger partial charge in [-0.25, -0.2) is 4.39 Å². The molecule has 0 atom stereocenters. The summed E-state index contributed by atoms with van der Waals surface area (Å²) in [5.41, 5.74) is 4.00. The number of methoxy groups -OCH3 is 1. The lowest BCUT2D eigenvalue weighted by Gasteiger charge is -2.18. The third-order valence-corrected chi connectivity index (χ3v) is 4.72. The first-order valence-electron chi connectivity index (χ1n) is 9.32. The van der Waals surface area contributed by atoms with Crippen molar-refractivity contribution >= 4 is 5.91 Å². The number of carbonyl (C=O) groups excluding carboxylic acids is 1. The Balaban J connectivity index is 1.97. The van der Waals surface area contributed by atoms with Gasteiger partial charge in [0.2, 0.25) is 5.91 Å². The Morgan fingerprint density at radius 1 is 1.33 bits per heavy atom. The van der Waals surface area contributed by atoms with Crippen LogP contribution in [0.25, 0.3) is 0 Å². The van der Waals surface area contributed by atoms with Crippen LogP contribution >= 0.6 is 0 Å². The van der Waals surface area contributed by atoms with E-state index < -0.39 is 5.82 Å². The molecule has 1 heterocycles. The van der Waals surface area contributed by atoms with Crippen molar-refractivity contribution in [3.8, 4) is 5.75 Å². The predicted molar refractivity (Wildman–Crippen MR) is 104 cm³/mol. The number of halogens is 1. The van der Waals surface area contributed by atoms with E-state index in [4.69, 9.17) is 4.74 Å². The quantitative estimate of drug-likeness (QED) is 0.703. The highest BCUT2D eigenvalue weighted by Crippen LogP contribution is 2.20. The van der Waals surface area contributed by atoms with E-state index in [-0.39, 0.29) is 11.7 Å². The van der Waals surface area contributed by atoms with Gasteiger partial charge in [0.1, 0.15) is 0 Å². The molecule has 0 fully saturated rings. The Labute approximate surface area is 161 Å². The van der Waals surface area contributed by atoms with Crippen molar-refractivity contribution in [3.05, 3.63) is 46.5 Å². The zero-order chi connectivity index (χ0) is 20.1. The van der Waals surface area contributed by atoms with Crippen molar-refractivity contribution in [1.29, 1.82) is 0 Å².